The first-order valence-corrected chi connectivity index (χ1v) is 10.4. The maximum atomic E-state index is 12.6. The highest BCUT2D eigenvalue weighted by Crippen LogP contribution is 2.23. The standard InChI is InChI=1S/C21H17Cl4N3O2/c22-15-5-3-13(8-17(15)24)10-26-19-2-1-7-28(21(19)30)12-20(29)27-11-14-4-6-16(23)18(25)9-14/h1-9,26H,10-12H2,(H,27,29). The number of hydrogen-bond donors (Lipinski definition) is 2. The highest BCUT2D eigenvalue weighted by Gasteiger charge is 2.09. The lowest BCUT2D eigenvalue weighted by Crippen LogP contribution is -2.32. The molecule has 0 saturated heterocycles. The van der Waals surface area contributed by atoms with Gasteiger partial charge in [0.05, 0.1) is 20.1 Å². The average Bonchev–Trinajstić information content (AvgIpc) is 2.72. The van der Waals surface area contributed by atoms with Crippen molar-refractivity contribution in [1.29, 1.82) is 0 Å². The Morgan fingerprint density at radius 3 is 2.03 bits per heavy atom. The first-order chi connectivity index (χ1) is 14.3. The fraction of sp³-hybridized carbons (Fsp3) is 0.143. The number of carbonyl (C=O) groups is 1. The van der Waals surface area contributed by atoms with Gasteiger partial charge in [0.2, 0.25) is 5.91 Å². The lowest BCUT2D eigenvalue weighted by Gasteiger charge is -2.11. The van der Waals surface area contributed by atoms with E-state index in [1.807, 2.05) is 6.07 Å². The number of hydrogen-bond acceptors (Lipinski definition) is 3. The van der Waals surface area contributed by atoms with E-state index in [1.165, 1.54) is 4.57 Å². The average molecular weight is 485 g/mol. The number of carbonyl (C=O) groups excluding carboxylic acids is 1. The van der Waals surface area contributed by atoms with E-state index in [9.17, 15) is 9.59 Å². The predicted molar refractivity (Wildman–Crippen MR) is 123 cm³/mol. The summed E-state index contributed by atoms with van der Waals surface area (Å²) in [5.74, 6) is -0.301. The van der Waals surface area contributed by atoms with Crippen molar-refractivity contribution in [3.8, 4) is 0 Å². The van der Waals surface area contributed by atoms with Crippen LogP contribution in [0.1, 0.15) is 11.1 Å². The molecule has 9 heteroatoms. The van der Waals surface area contributed by atoms with Gasteiger partial charge in [-0.15, -0.1) is 0 Å². The minimum atomic E-state index is -0.303. The first-order valence-electron chi connectivity index (χ1n) is 8.91. The van der Waals surface area contributed by atoms with Gasteiger partial charge in [0.15, 0.2) is 0 Å². The molecule has 0 aliphatic rings. The molecule has 1 aromatic heterocycles. The summed E-state index contributed by atoms with van der Waals surface area (Å²) in [5.41, 5.74) is 1.75. The maximum Gasteiger partial charge on any atom is 0.274 e. The number of benzene rings is 2. The number of halogens is 4. The first kappa shape index (κ1) is 22.5. The van der Waals surface area contributed by atoms with Crippen LogP contribution in [0, 0.1) is 0 Å². The molecule has 0 fully saturated rings. The van der Waals surface area contributed by atoms with E-state index < -0.39 is 0 Å². The van der Waals surface area contributed by atoms with Crippen LogP contribution in [0.2, 0.25) is 20.1 Å². The molecule has 0 radical (unpaired) electrons. The summed E-state index contributed by atoms with van der Waals surface area (Å²) in [7, 11) is 0. The highest BCUT2D eigenvalue weighted by molar-refractivity contribution is 6.42. The van der Waals surface area contributed by atoms with E-state index in [2.05, 4.69) is 10.6 Å². The number of nitrogens with one attached hydrogen (secondary N) is 2. The molecule has 5 nitrogen and oxygen atoms in total. The molecule has 0 bridgehead atoms. The van der Waals surface area contributed by atoms with Crippen LogP contribution in [0.4, 0.5) is 5.69 Å². The largest absolute Gasteiger partial charge is 0.377 e. The molecule has 0 aliphatic heterocycles. The third-order valence-corrected chi connectivity index (χ3v) is 5.75. The summed E-state index contributed by atoms with van der Waals surface area (Å²) in [5, 5.41) is 7.60. The number of anilines is 1. The van der Waals surface area contributed by atoms with E-state index in [4.69, 9.17) is 46.4 Å². The zero-order valence-electron chi connectivity index (χ0n) is 15.6. The van der Waals surface area contributed by atoms with Crippen molar-refractivity contribution in [2.24, 2.45) is 0 Å². The monoisotopic (exact) mass is 483 g/mol. The summed E-state index contributed by atoms with van der Waals surface area (Å²) in [6.45, 7) is 0.557. The van der Waals surface area contributed by atoms with Gasteiger partial charge in [-0.05, 0) is 47.5 Å². The van der Waals surface area contributed by atoms with Crippen molar-refractivity contribution < 1.29 is 4.79 Å². The van der Waals surface area contributed by atoms with Crippen molar-refractivity contribution in [2.45, 2.75) is 19.6 Å². The molecule has 2 aromatic carbocycles. The topological polar surface area (TPSA) is 63.1 Å². The predicted octanol–water partition coefficient (Wildman–Crippen LogP) is 5.39. The highest BCUT2D eigenvalue weighted by atomic mass is 35.5. The van der Waals surface area contributed by atoms with Gasteiger partial charge in [0.1, 0.15) is 12.2 Å². The smallest absolute Gasteiger partial charge is 0.274 e. The summed E-state index contributed by atoms with van der Waals surface area (Å²) >= 11 is 23.8. The van der Waals surface area contributed by atoms with E-state index in [1.54, 1.807) is 48.7 Å². The molecule has 3 aromatic rings. The van der Waals surface area contributed by atoms with Crippen molar-refractivity contribution in [1.82, 2.24) is 9.88 Å². The normalized spacial score (nSPS) is 10.7. The van der Waals surface area contributed by atoms with Crippen LogP contribution in [0.3, 0.4) is 0 Å². The number of amides is 1. The zero-order valence-corrected chi connectivity index (χ0v) is 18.6. The Balaban J connectivity index is 1.61. The number of rotatable bonds is 7. The molecule has 1 amide bonds. The SMILES string of the molecule is O=C(Cn1cccc(NCc2ccc(Cl)c(Cl)c2)c1=O)NCc1ccc(Cl)c(Cl)c1. The molecule has 2 N–H and O–H groups in total. The molecular formula is C21H17Cl4N3O2. The molecule has 1 heterocycles. The van der Waals surface area contributed by atoms with Crippen LogP contribution >= 0.6 is 46.4 Å². The molecule has 0 spiro atoms. The molecule has 0 atom stereocenters. The number of nitrogens with zero attached hydrogens (tertiary/aromatic N) is 1. The van der Waals surface area contributed by atoms with E-state index in [0.29, 0.717) is 32.3 Å². The fourth-order valence-corrected chi connectivity index (χ4v) is 3.35. The van der Waals surface area contributed by atoms with Crippen LogP contribution in [-0.2, 0) is 24.4 Å². The second kappa shape index (κ2) is 10.2. The molecular weight excluding hydrogens is 468 g/mol. The van der Waals surface area contributed by atoms with Crippen LogP contribution in [-0.4, -0.2) is 10.5 Å². The summed E-state index contributed by atoms with van der Waals surface area (Å²) < 4.78 is 1.33. The van der Waals surface area contributed by atoms with Gasteiger partial charge in [-0.25, -0.2) is 0 Å². The third-order valence-electron chi connectivity index (χ3n) is 4.27. The summed E-state index contributed by atoms with van der Waals surface area (Å²) in [4.78, 5) is 24.9. The van der Waals surface area contributed by atoms with Crippen molar-refractivity contribution in [2.75, 3.05) is 5.32 Å². The Labute approximate surface area is 193 Å². The molecule has 0 unspecified atom stereocenters. The van der Waals surface area contributed by atoms with Gasteiger partial charge >= 0.3 is 0 Å². The second-order valence-corrected chi connectivity index (χ2v) is 8.11. The van der Waals surface area contributed by atoms with Gasteiger partial charge in [-0.2, -0.15) is 0 Å². The molecule has 0 aliphatic carbocycles. The third kappa shape index (κ3) is 5.92. The van der Waals surface area contributed by atoms with Gasteiger partial charge in [-0.3, -0.25) is 9.59 Å². The van der Waals surface area contributed by atoms with E-state index in [-0.39, 0.29) is 24.6 Å². The molecule has 0 saturated carbocycles. The Kier molecular flexibility index (Phi) is 7.67. The van der Waals surface area contributed by atoms with Crippen molar-refractivity contribution in [3.05, 3.63) is 96.3 Å². The maximum absolute atomic E-state index is 12.6. The minimum Gasteiger partial charge on any atom is -0.377 e. The fourth-order valence-electron chi connectivity index (χ4n) is 2.70. The van der Waals surface area contributed by atoms with Gasteiger partial charge < -0.3 is 15.2 Å². The van der Waals surface area contributed by atoms with Crippen LogP contribution in [0.15, 0.2) is 59.5 Å². The summed E-state index contributed by atoms with van der Waals surface area (Å²) in [6.07, 6.45) is 1.56. The van der Waals surface area contributed by atoms with Gasteiger partial charge in [0.25, 0.3) is 5.56 Å². The lowest BCUT2D eigenvalue weighted by molar-refractivity contribution is -0.121. The molecule has 156 valence electrons. The van der Waals surface area contributed by atoms with Crippen LogP contribution < -0.4 is 16.2 Å². The molecule has 3 rings (SSSR count). The summed E-state index contributed by atoms with van der Waals surface area (Å²) in [6, 6.07) is 13.7. The Morgan fingerprint density at radius 2 is 1.43 bits per heavy atom. The minimum absolute atomic E-state index is 0.109. The second-order valence-electron chi connectivity index (χ2n) is 6.48. The molecule has 30 heavy (non-hydrogen) atoms. The quantitative estimate of drug-likeness (QED) is 0.472. The van der Waals surface area contributed by atoms with E-state index in [0.717, 1.165) is 11.1 Å². The number of pyridine rings is 1. The zero-order chi connectivity index (χ0) is 21.7. The van der Waals surface area contributed by atoms with E-state index >= 15 is 0 Å². The van der Waals surface area contributed by atoms with Crippen LogP contribution in [0.25, 0.3) is 0 Å². The van der Waals surface area contributed by atoms with Crippen molar-refractivity contribution in [3.63, 3.8) is 0 Å². The number of aromatic nitrogens is 1. The lowest BCUT2D eigenvalue weighted by atomic mass is 10.2. The Bertz CT molecular complexity index is 1130. The van der Waals surface area contributed by atoms with Gasteiger partial charge in [0, 0.05) is 19.3 Å². The van der Waals surface area contributed by atoms with Crippen molar-refractivity contribution >= 4 is 58.0 Å². The van der Waals surface area contributed by atoms with Gasteiger partial charge in [-0.1, -0.05) is 58.5 Å². The Morgan fingerprint density at radius 1 is 0.833 bits per heavy atom. The Hall–Kier alpha value is -2.18. The van der Waals surface area contributed by atoms with Crippen LogP contribution in [0.5, 0.6) is 0 Å².